The van der Waals surface area contributed by atoms with Crippen molar-refractivity contribution in [3.8, 4) is 0 Å². The van der Waals surface area contributed by atoms with Crippen LogP contribution in [0.2, 0.25) is 0 Å². The molecule has 218 valence electrons. The smallest absolute Gasteiger partial charge is 0.303 e. The molecule has 1 saturated heterocycles. The number of carbonyl (C=O) groups excluding carboxylic acids is 5. The van der Waals surface area contributed by atoms with Crippen LogP contribution in [0.25, 0.3) is 0 Å². The summed E-state index contributed by atoms with van der Waals surface area (Å²) in [4.78, 5) is 68.3. The molecule has 5 unspecified atom stereocenters. The highest BCUT2D eigenvalue weighted by Crippen LogP contribution is 2.32. The van der Waals surface area contributed by atoms with Crippen molar-refractivity contribution in [3.63, 3.8) is 0 Å². The number of nitrogens with one attached hydrogen (secondary N) is 1. The molecule has 0 aliphatic carbocycles. The zero-order valence-electron chi connectivity index (χ0n) is 23.4. The van der Waals surface area contributed by atoms with Crippen LogP contribution in [0.3, 0.4) is 0 Å². The summed E-state index contributed by atoms with van der Waals surface area (Å²) < 4.78 is 21.9. The lowest BCUT2D eigenvalue weighted by Crippen LogP contribution is -2.66. The molecule has 40 heavy (non-hydrogen) atoms. The molecule has 1 aromatic carbocycles. The highest BCUT2D eigenvalue weighted by atomic mass is 16.8. The zero-order valence-corrected chi connectivity index (χ0v) is 23.4. The Bertz CT molecular complexity index is 1180. The van der Waals surface area contributed by atoms with Gasteiger partial charge in [-0.15, -0.1) is 0 Å². The van der Waals surface area contributed by atoms with Gasteiger partial charge in [0, 0.05) is 39.8 Å². The minimum atomic E-state index is -1.43. The number of oxime groups is 1. The van der Waals surface area contributed by atoms with E-state index in [1.54, 1.807) is 4.90 Å². The predicted molar refractivity (Wildman–Crippen MR) is 140 cm³/mol. The van der Waals surface area contributed by atoms with Crippen molar-refractivity contribution in [2.45, 2.75) is 85.0 Å². The average Bonchev–Trinajstić information content (AvgIpc) is 3.11. The second-order valence-electron chi connectivity index (χ2n) is 9.60. The summed E-state index contributed by atoms with van der Waals surface area (Å²) in [5.74, 6) is -3.00. The van der Waals surface area contributed by atoms with Gasteiger partial charge in [-0.05, 0) is 25.5 Å². The lowest BCUT2D eigenvalue weighted by molar-refractivity contribution is -0.278. The molecule has 13 heteroatoms. The molecule has 0 saturated carbocycles. The minimum Gasteiger partial charge on any atom is -0.463 e. The van der Waals surface area contributed by atoms with Gasteiger partial charge >= 0.3 is 17.9 Å². The largest absolute Gasteiger partial charge is 0.463 e. The van der Waals surface area contributed by atoms with Crippen LogP contribution in [0.15, 0.2) is 23.4 Å². The van der Waals surface area contributed by atoms with Crippen LogP contribution in [0, 0.1) is 6.92 Å². The second-order valence-corrected chi connectivity index (χ2v) is 9.60. The molecule has 0 bridgehead atoms. The van der Waals surface area contributed by atoms with Gasteiger partial charge < -0.3 is 34.0 Å². The van der Waals surface area contributed by atoms with Crippen molar-refractivity contribution >= 4 is 41.1 Å². The van der Waals surface area contributed by atoms with Gasteiger partial charge in [0.25, 0.3) is 12.2 Å². The molecule has 5 atom stereocenters. The van der Waals surface area contributed by atoms with Gasteiger partial charge in [-0.25, -0.2) is 0 Å². The first-order chi connectivity index (χ1) is 18.9. The molecule has 13 nitrogen and oxygen atoms in total. The molecule has 1 N–H and O–H groups in total. The summed E-state index contributed by atoms with van der Waals surface area (Å²) in [5, 5.41) is 6.75. The summed E-state index contributed by atoms with van der Waals surface area (Å²) in [7, 11) is 0. The fraction of sp³-hybridized carbons (Fsp3) is 0.556. The molecule has 2 amide bonds. The molecule has 0 aromatic heterocycles. The first-order valence-corrected chi connectivity index (χ1v) is 13.0. The number of unbranched alkanes of at least 4 members (excludes halogenated alkanes) is 1. The summed E-state index contributed by atoms with van der Waals surface area (Å²) in [6, 6.07) is 4.34. The molecular weight excluding hydrogens is 526 g/mol. The number of carbonyl (C=O) groups is 5. The van der Waals surface area contributed by atoms with Gasteiger partial charge in [0.2, 0.25) is 5.91 Å². The number of fused-ring (bicyclic) bond motifs is 1. The van der Waals surface area contributed by atoms with Crippen molar-refractivity contribution in [1.82, 2.24) is 5.32 Å². The van der Waals surface area contributed by atoms with Crippen LogP contribution < -0.4 is 10.2 Å². The third kappa shape index (κ3) is 7.34. The summed E-state index contributed by atoms with van der Waals surface area (Å²) in [6.07, 6.45) is -3.51. The number of esters is 3. The molecule has 3 rings (SSSR count). The van der Waals surface area contributed by atoms with Crippen LogP contribution in [-0.2, 0) is 47.8 Å². The third-order valence-electron chi connectivity index (χ3n) is 6.20. The molecule has 2 aliphatic heterocycles. The Kier molecular flexibility index (Phi) is 10.2. The Morgan fingerprint density at radius 3 is 2.30 bits per heavy atom. The van der Waals surface area contributed by atoms with E-state index < -0.39 is 54.5 Å². The zero-order chi connectivity index (χ0) is 29.6. The summed E-state index contributed by atoms with van der Waals surface area (Å²) in [6.45, 7) is 8.70. The average molecular weight is 562 g/mol. The molecule has 1 aromatic rings. The number of amides is 2. The Balaban J connectivity index is 2.02. The molecule has 0 radical (unpaired) electrons. The Hall–Kier alpha value is -4.00. The summed E-state index contributed by atoms with van der Waals surface area (Å²) >= 11 is 0. The van der Waals surface area contributed by atoms with E-state index in [1.165, 1.54) is 13.8 Å². The van der Waals surface area contributed by atoms with Gasteiger partial charge in [-0.1, -0.05) is 30.1 Å². The minimum absolute atomic E-state index is 0.0302. The third-order valence-corrected chi connectivity index (χ3v) is 6.20. The number of rotatable bonds is 10. The van der Waals surface area contributed by atoms with Crippen molar-refractivity contribution in [2.75, 3.05) is 18.1 Å². The number of nitrogens with zero attached hydrogens (tertiary/aromatic N) is 2. The standard InChI is InChI=1S/C27H35N3O10/c1-7-8-11-30-20-10-9-14(2)12-19(20)22(26(30)35)29-40-27-23(28-15(3)31)25(38-18(6)34)24(37-17(5)33)21(39-27)13-36-16(4)32/h9-10,12,21,23-25,27H,7-8,11,13H2,1-6H3,(H,28,31)/b29-22-. The van der Waals surface area contributed by atoms with Crippen molar-refractivity contribution in [1.29, 1.82) is 0 Å². The van der Waals surface area contributed by atoms with E-state index in [2.05, 4.69) is 10.5 Å². The topological polar surface area (TPSA) is 159 Å². The van der Waals surface area contributed by atoms with Crippen LogP contribution in [0.1, 0.15) is 58.6 Å². The number of aryl methyl sites for hydroxylation is 1. The number of benzene rings is 1. The Morgan fingerprint density at radius 1 is 1.02 bits per heavy atom. The number of anilines is 1. The quantitative estimate of drug-likeness (QED) is 0.252. The van der Waals surface area contributed by atoms with E-state index in [4.69, 9.17) is 23.8 Å². The van der Waals surface area contributed by atoms with E-state index in [9.17, 15) is 24.0 Å². The first kappa shape index (κ1) is 30.5. The molecular formula is C27H35N3O10. The maximum Gasteiger partial charge on any atom is 0.303 e. The second kappa shape index (κ2) is 13.4. The van der Waals surface area contributed by atoms with Crippen molar-refractivity contribution in [3.05, 3.63) is 29.3 Å². The monoisotopic (exact) mass is 561 g/mol. The SMILES string of the molecule is CCCCN1C(=O)/C(=N\OC2OC(COC(C)=O)C(OC(C)=O)C(OC(C)=O)C2NC(C)=O)c2cc(C)ccc21. The van der Waals surface area contributed by atoms with E-state index in [0.717, 1.165) is 32.3 Å². The van der Waals surface area contributed by atoms with E-state index in [0.29, 0.717) is 17.8 Å². The fourth-order valence-electron chi connectivity index (χ4n) is 4.54. The van der Waals surface area contributed by atoms with Crippen LogP contribution in [0.5, 0.6) is 0 Å². The normalized spacial score (nSPS) is 24.8. The summed E-state index contributed by atoms with van der Waals surface area (Å²) in [5.41, 5.74) is 2.19. The lowest BCUT2D eigenvalue weighted by Gasteiger charge is -2.43. The predicted octanol–water partition coefficient (Wildman–Crippen LogP) is 1.52. The van der Waals surface area contributed by atoms with E-state index >= 15 is 0 Å². The molecule has 1 fully saturated rings. The number of ether oxygens (including phenoxy) is 4. The maximum absolute atomic E-state index is 13.4. The van der Waals surface area contributed by atoms with Crippen molar-refractivity contribution < 1.29 is 47.8 Å². The molecule has 2 heterocycles. The number of hydrogen-bond donors (Lipinski definition) is 1. The van der Waals surface area contributed by atoms with Crippen LogP contribution in [0.4, 0.5) is 5.69 Å². The van der Waals surface area contributed by atoms with Crippen LogP contribution >= 0.6 is 0 Å². The molecule has 2 aliphatic rings. The van der Waals surface area contributed by atoms with Gasteiger partial charge in [0.1, 0.15) is 18.8 Å². The molecule has 0 spiro atoms. The van der Waals surface area contributed by atoms with E-state index in [-0.39, 0.29) is 18.2 Å². The first-order valence-electron chi connectivity index (χ1n) is 13.0. The van der Waals surface area contributed by atoms with E-state index in [1.807, 2.05) is 32.0 Å². The Labute approximate surface area is 232 Å². The Morgan fingerprint density at radius 2 is 1.70 bits per heavy atom. The van der Waals surface area contributed by atoms with Crippen LogP contribution in [-0.4, -0.2) is 79.2 Å². The van der Waals surface area contributed by atoms with Gasteiger partial charge in [0.05, 0.1) is 5.69 Å². The highest BCUT2D eigenvalue weighted by Gasteiger charge is 2.52. The van der Waals surface area contributed by atoms with Gasteiger partial charge in [-0.3, -0.25) is 24.0 Å². The van der Waals surface area contributed by atoms with Gasteiger partial charge in [0.15, 0.2) is 17.9 Å². The lowest BCUT2D eigenvalue weighted by atomic mass is 9.96. The highest BCUT2D eigenvalue weighted by molar-refractivity contribution is 6.54. The van der Waals surface area contributed by atoms with Gasteiger partial charge in [-0.2, -0.15) is 0 Å². The maximum atomic E-state index is 13.4. The fourth-order valence-corrected chi connectivity index (χ4v) is 4.54. The van der Waals surface area contributed by atoms with Crippen molar-refractivity contribution in [2.24, 2.45) is 5.16 Å². The number of hydrogen-bond acceptors (Lipinski definition) is 11.